The van der Waals surface area contributed by atoms with Gasteiger partial charge in [-0.05, 0) is 67.8 Å². The number of fused-ring (bicyclic) bond motifs is 4. The lowest BCUT2D eigenvalue weighted by atomic mass is 9.57. The van der Waals surface area contributed by atoms with E-state index >= 15 is 0 Å². The highest BCUT2D eigenvalue weighted by Gasteiger charge is 2.49. The molecule has 1 N–H and O–H groups in total. The molecule has 1 saturated heterocycles. The van der Waals surface area contributed by atoms with Gasteiger partial charge in [-0.25, -0.2) is 0 Å². The smallest absolute Gasteiger partial charge is 0.115 e. The van der Waals surface area contributed by atoms with Gasteiger partial charge < -0.3 is 5.11 Å². The van der Waals surface area contributed by atoms with E-state index < -0.39 is 0 Å². The molecule has 2 aliphatic rings. The highest BCUT2D eigenvalue weighted by molar-refractivity contribution is 5.44. The van der Waals surface area contributed by atoms with Crippen molar-refractivity contribution in [3.63, 3.8) is 0 Å². The van der Waals surface area contributed by atoms with Crippen LogP contribution in [0, 0.1) is 5.92 Å². The lowest BCUT2D eigenvalue weighted by molar-refractivity contribution is 0.0219. The number of phenols is 1. The molecule has 1 aliphatic heterocycles. The standard InChI is InChI=1S/C21H31NO/c1-4-6-7-8-12-22-13-11-21(5-2)16(3)20(22)14-17-9-10-18(23)15-19(17)21/h6-7,9-10,15-16,20,23H,4-5,8,11-14H2,1-3H3. The summed E-state index contributed by atoms with van der Waals surface area (Å²) in [5.74, 6) is 1.08. The van der Waals surface area contributed by atoms with Gasteiger partial charge in [0.1, 0.15) is 5.75 Å². The van der Waals surface area contributed by atoms with Crippen LogP contribution in [0.1, 0.15) is 57.6 Å². The Morgan fingerprint density at radius 2 is 2.13 bits per heavy atom. The number of nitrogens with zero attached hydrogens (tertiary/aromatic N) is 1. The zero-order chi connectivity index (χ0) is 16.4. The monoisotopic (exact) mass is 313 g/mol. The Morgan fingerprint density at radius 1 is 1.30 bits per heavy atom. The summed E-state index contributed by atoms with van der Waals surface area (Å²) in [5.41, 5.74) is 3.14. The number of piperidine rings is 1. The molecule has 1 heterocycles. The number of hydrogen-bond donors (Lipinski definition) is 1. The molecular formula is C21H31NO. The van der Waals surface area contributed by atoms with E-state index in [1.807, 2.05) is 12.1 Å². The van der Waals surface area contributed by atoms with Crippen LogP contribution in [0.4, 0.5) is 0 Å². The van der Waals surface area contributed by atoms with Crippen LogP contribution < -0.4 is 0 Å². The SMILES string of the molecule is CCC=CCCN1CCC2(CC)c3cc(O)ccc3CC1C2C. The highest BCUT2D eigenvalue weighted by atomic mass is 16.3. The maximum absolute atomic E-state index is 9.98. The summed E-state index contributed by atoms with van der Waals surface area (Å²) in [4.78, 5) is 2.72. The minimum Gasteiger partial charge on any atom is -0.508 e. The molecule has 2 bridgehead atoms. The molecule has 1 aromatic carbocycles. The molecule has 0 radical (unpaired) electrons. The van der Waals surface area contributed by atoms with Gasteiger partial charge in [0.05, 0.1) is 0 Å². The lowest BCUT2D eigenvalue weighted by Crippen LogP contribution is -2.58. The predicted molar refractivity (Wildman–Crippen MR) is 97.0 cm³/mol. The molecule has 1 aliphatic carbocycles. The summed E-state index contributed by atoms with van der Waals surface area (Å²) in [5, 5.41) is 9.98. The van der Waals surface area contributed by atoms with Crippen LogP contribution in [-0.2, 0) is 11.8 Å². The number of aromatic hydroxyl groups is 1. The summed E-state index contributed by atoms with van der Waals surface area (Å²) in [6, 6.07) is 6.72. The van der Waals surface area contributed by atoms with Crippen molar-refractivity contribution in [1.29, 1.82) is 0 Å². The second kappa shape index (κ2) is 6.68. The van der Waals surface area contributed by atoms with Crippen LogP contribution in [0.15, 0.2) is 30.4 Å². The van der Waals surface area contributed by atoms with E-state index in [0.717, 1.165) is 12.8 Å². The summed E-state index contributed by atoms with van der Waals surface area (Å²) in [7, 11) is 0. The third-order valence-electron chi connectivity index (χ3n) is 6.44. The van der Waals surface area contributed by atoms with Gasteiger partial charge in [0.2, 0.25) is 0 Å². The number of rotatable bonds is 5. The van der Waals surface area contributed by atoms with Crippen molar-refractivity contribution in [2.75, 3.05) is 13.1 Å². The van der Waals surface area contributed by atoms with Crippen molar-refractivity contribution in [3.8, 4) is 5.75 Å². The van der Waals surface area contributed by atoms with E-state index in [4.69, 9.17) is 0 Å². The van der Waals surface area contributed by atoms with Crippen molar-refractivity contribution in [2.24, 2.45) is 5.92 Å². The summed E-state index contributed by atoms with van der Waals surface area (Å²) >= 11 is 0. The van der Waals surface area contributed by atoms with Gasteiger partial charge in [0, 0.05) is 18.0 Å². The van der Waals surface area contributed by atoms with Crippen molar-refractivity contribution < 1.29 is 5.11 Å². The third-order valence-corrected chi connectivity index (χ3v) is 6.44. The molecule has 0 amide bonds. The first kappa shape index (κ1) is 16.6. The van der Waals surface area contributed by atoms with Crippen LogP contribution in [0.25, 0.3) is 0 Å². The number of allylic oxidation sites excluding steroid dienone is 1. The Morgan fingerprint density at radius 3 is 2.87 bits per heavy atom. The second-order valence-electron chi connectivity index (χ2n) is 7.37. The first-order valence-corrected chi connectivity index (χ1v) is 9.33. The van der Waals surface area contributed by atoms with Crippen LogP contribution in [-0.4, -0.2) is 29.1 Å². The molecule has 0 spiro atoms. The van der Waals surface area contributed by atoms with E-state index in [1.165, 1.54) is 43.5 Å². The minimum absolute atomic E-state index is 0.257. The molecular weight excluding hydrogens is 282 g/mol. The fourth-order valence-electron chi connectivity index (χ4n) is 5.03. The van der Waals surface area contributed by atoms with E-state index in [0.29, 0.717) is 17.7 Å². The average Bonchev–Trinajstić information content (AvgIpc) is 2.55. The second-order valence-corrected chi connectivity index (χ2v) is 7.37. The topological polar surface area (TPSA) is 23.5 Å². The summed E-state index contributed by atoms with van der Waals surface area (Å²) in [6.45, 7) is 9.33. The van der Waals surface area contributed by atoms with Crippen molar-refractivity contribution >= 4 is 0 Å². The Hall–Kier alpha value is -1.28. The molecule has 3 rings (SSSR count). The molecule has 2 heteroatoms. The van der Waals surface area contributed by atoms with Crippen molar-refractivity contribution in [3.05, 3.63) is 41.5 Å². The normalized spacial score (nSPS) is 30.6. The van der Waals surface area contributed by atoms with Gasteiger partial charge in [0.15, 0.2) is 0 Å². The lowest BCUT2D eigenvalue weighted by Gasteiger charge is -2.56. The Labute approximate surface area is 141 Å². The molecule has 0 saturated carbocycles. The molecule has 23 heavy (non-hydrogen) atoms. The van der Waals surface area contributed by atoms with E-state index in [1.54, 1.807) is 0 Å². The Balaban J connectivity index is 1.87. The van der Waals surface area contributed by atoms with E-state index in [2.05, 4.69) is 43.9 Å². The molecule has 3 atom stereocenters. The van der Waals surface area contributed by atoms with Crippen LogP contribution in [0.2, 0.25) is 0 Å². The van der Waals surface area contributed by atoms with Crippen LogP contribution in [0.5, 0.6) is 5.75 Å². The van der Waals surface area contributed by atoms with Crippen molar-refractivity contribution in [2.45, 2.75) is 64.3 Å². The van der Waals surface area contributed by atoms with Gasteiger partial charge in [-0.2, -0.15) is 0 Å². The first-order chi connectivity index (χ1) is 11.1. The third kappa shape index (κ3) is 2.82. The summed E-state index contributed by atoms with van der Waals surface area (Å²) < 4.78 is 0. The van der Waals surface area contributed by atoms with Gasteiger partial charge >= 0.3 is 0 Å². The van der Waals surface area contributed by atoms with E-state index in [9.17, 15) is 5.11 Å². The fourth-order valence-corrected chi connectivity index (χ4v) is 5.03. The average molecular weight is 313 g/mol. The first-order valence-electron chi connectivity index (χ1n) is 9.33. The molecule has 3 unspecified atom stereocenters. The maximum atomic E-state index is 9.98. The molecule has 2 nitrogen and oxygen atoms in total. The molecule has 0 aromatic heterocycles. The van der Waals surface area contributed by atoms with Gasteiger partial charge in [-0.3, -0.25) is 4.90 Å². The number of phenolic OH excluding ortho intramolecular Hbond substituents is 1. The van der Waals surface area contributed by atoms with Gasteiger partial charge in [-0.15, -0.1) is 0 Å². The van der Waals surface area contributed by atoms with Crippen LogP contribution >= 0.6 is 0 Å². The Bertz CT molecular complexity index is 579. The van der Waals surface area contributed by atoms with Gasteiger partial charge in [-0.1, -0.05) is 39.0 Å². The predicted octanol–water partition coefficient (Wildman–Crippen LogP) is 4.66. The molecule has 1 fully saturated rings. The maximum Gasteiger partial charge on any atom is 0.115 e. The number of hydrogen-bond acceptors (Lipinski definition) is 2. The Kier molecular flexibility index (Phi) is 4.82. The minimum atomic E-state index is 0.257. The number of benzene rings is 1. The molecule has 1 aromatic rings. The van der Waals surface area contributed by atoms with Crippen molar-refractivity contribution in [1.82, 2.24) is 4.90 Å². The number of likely N-dealkylation sites (tertiary alicyclic amines) is 1. The van der Waals surface area contributed by atoms with Crippen LogP contribution in [0.3, 0.4) is 0 Å². The highest BCUT2D eigenvalue weighted by Crippen LogP contribution is 2.51. The zero-order valence-electron chi connectivity index (χ0n) is 14.9. The largest absolute Gasteiger partial charge is 0.508 e. The van der Waals surface area contributed by atoms with E-state index in [-0.39, 0.29) is 5.41 Å². The summed E-state index contributed by atoms with van der Waals surface area (Å²) in [6.07, 6.45) is 10.4. The molecule has 126 valence electrons. The fraction of sp³-hybridized carbons (Fsp3) is 0.619. The quantitative estimate of drug-likeness (QED) is 0.799. The zero-order valence-corrected chi connectivity index (χ0v) is 14.9. The van der Waals surface area contributed by atoms with Gasteiger partial charge in [0.25, 0.3) is 0 Å².